The smallest absolute Gasteiger partial charge is 0.306 e. The third-order valence-electron chi connectivity index (χ3n) is 0.885. The van der Waals surface area contributed by atoms with Crippen molar-refractivity contribution < 1.29 is 19.4 Å². The summed E-state index contributed by atoms with van der Waals surface area (Å²) in [6.45, 7) is -0.116. The molecular formula is C6H9O4S-. The minimum Gasteiger partial charge on any atom is -0.550 e. The van der Waals surface area contributed by atoms with Crippen molar-refractivity contribution in [2.45, 2.75) is 12.8 Å². The number of carbonyl (C=O) groups excluding carboxylic acids is 2. The van der Waals surface area contributed by atoms with Gasteiger partial charge in [0.05, 0.1) is 13.0 Å². The van der Waals surface area contributed by atoms with Crippen LogP contribution in [0.5, 0.6) is 0 Å². The van der Waals surface area contributed by atoms with Crippen LogP contribution in [0.4, 0.5) is 0 Å². The fourth-order valence-electron chi connectivity index (χ4n) is 0.412. The number of carbonyl (C=O) groups is 2. The molecule has 0 saturated carbocycles. The summed E-state index contributed by atoms with van der Waals surface area (Å²) < 4.78 is 4.48. The Bertz CT molecular complexity index is 146. The monoisotopic (exact) mass is 177 g/mol. The lowest BCUT2D eigenvalue weighted by molar-refractivity contribution is -0.306. The minimum absolute atomic E-state index is 0.116. The van der Waals surface area contributed by atoms with Gasteiger partial charge in [0, 0.05) is 18.1 Å². The molecule has 5 heteroatoms. The molecule has 0 rings (SSSR count). The number of carboxylic acids is 1. The zero-order chi connectivity index (χ0) is 8.69. The average Bonchev–Trinajstić information content (AvgIpc) is 1.87. The maximum absolute atomic E-state index is 10.5. The molecule has 64 valence electrons. The van der Waals surface area contributed by atoms with Gasteiger partial charge in [0.2, 0.25) is 0 Å². The Morgan fingerprint density at radius 2 is 2.00 bits per heavy atom. The number of hydrogen-bond donors (Lipinski definition) is 1. The summed E-state index contributed by atoms with van der Waals surface area (Å²) in [5, 5.41) is 9.82. The molecule has 0 unspecified atom stereocenters. The standard InChI is InChI=1S/C6H10O4S/c7-5(8)1-3-10-6(9)2-4-11/h11H,1-4H2,(H,7,8)/p-1. The van der Waals surface area contributed by atoms with Crippen molar-refractivity contribution in [3.63, 3.8) is 0 Å². The van der Waals surface area contributed by atoms with Crippen LogP contribution < -0.4 is 5.11 Å². The molecule has 0 N–H and O–H groups in total. The predicted molar refractivity (Wildman–Crippen MR) is 39.1 cm³/mol. The zero-order valence-corrected chi connectivity index (χ0v) is 6.80. The quantitative estimate of drug-likeness (QED) is 0.431. The van der Waals surface area contributed by atoms with Crippen molar-refractivity contribution in [2.75, 3.05) is 12.4 Å². The van der Waals surface area contributed by atoms with Crippen molar-refractivity contribution in [1.82, 2.24) is 0 Å². The van der Waals surface area contributed by atoms with Gasteiger partial charge < -0.3 is 14.6 Å². The summed E-state index contributed by atoms with van der Waals surface area (Å²) in [5.41, 5.74) is 0. The fourth-order valence-corrected chi connectivity index (χ4v) is 0.594. The van der Waals surface area contributed by atoms with Crippen LogP contribution in [0, 0.1) is 0 Å². The molecule has 0 aromatic heterocycles. The van der Waals surface area contributed by atoms with E-state index in [0.29, 0.717) is 5.75 Å². The summed E-state index contributed by atoms with van der Waals surface area (Å²) >= 11 is 3.79. The molecule has 0 aliphatic rings. The van der Waals surface area contributed by atoms with Gasteiger partial charge in [-0.05, 0) is 0 Å². The summed E-state index contributed by atoms with van der Waals surface area (Å²) in [6.07, 6.45) is -0.0472. The summed E-state index contributed by atoms with van der Waals surface area (Å²) in [5.74, 6) is -1.24. The van der Waals surface area contributed by atoms with Crippen LogP contribution in [0.2, 0.25) is 0 Å². The third kappa shape index (κ3) is 7.18. The second-order valence-electron chi connectivity index (χ2n) is 1.82. The average molecular weight is 177 g/mol. The molecule has 0 aliphatic heterocycles. The molecule has 4 nitrogen and oxygen atoms in total. The highest BCUT2D eigenvalue weighted by atomic mass is 32.1. The lowest BCUT2D eigenvalue weighted by atomic mass is 10.4. The zero-order valence-electron chi connectivity index (χ0n) is 5.91. The minimum atomic E-state index is -1.22. The van der Waals surface area contributed by atoms with E-state index < -0.39 is 11.9 Å². The van der Waals surface area contributed by atoms with E-state index in [-0.39, 0.29) is 19.4 Å². The van der Waals surface area contributed by atoms with Crippen LogP contribution >= 0.6 is 12.6 Å². The largest absolute Gasteiger partial charge is 0.550 e. The van der Waals surface area contributed by atoms with Gasteiger partial charge in [-0.1, -0.05) is 0 Å². The molecule has 0 spiro atoms. The van der Waals surface area contributed by atoms with E-state index in [4.69, 9.17) is 0 Å². The first-order valence-electron chi connectivity index (χ1n) is 3.13. The van der Waals surface area contributed by atoms with Crippen molar-refractivity contribution >= 4 is 24.6 Å². The summed E-state index contributed by atoms with van der Waals surface area (Å²) in [6, 6.07) is 0. The van der Waals surface area contributed by atoms with Gasteiger partial charge >= 0.3 is 5.97 Å². The van der Waals surface area contributed by atoms with Crippen LogP contribution in [0.15, 0.2) is 0 Å². The number of esters is 1. The van der Waals surface area contributed by atoms with Gasteiger partial charge in [0.1, 0.15) is 0 Å². The molecule has 0 fully saturated rings. The van der Waals surface area contributed by atoms with Gasteiger partial charge in [-0.25, -0.2) is 0 Å². The molecule has 0 saturated heterocycles. The normalized spacial score (nSPS) is 9.18. The van der Waals surface area contributed by atoms with Gasteiger partial charge in [-0.2, -0.15) is 12.6 Å². The second-order valence-corrected chi connectivity index (χ2v) is 2.26. The molecule has 11 heavy (non-hydrogen) atoms. The number of aliphatic carboxylic acids is 1. The topological polar surface area (TPSA) is 66.4 Å². The number of ether oxygens (including phenoxy) is 1. The third-order valence-corrected chi connectivity index (χ3v) is 1.11. The fraction of sp³-hybridized carbons (Fsp3) is 0.667. The van der Waals surface area contributed by atoms with Crippen LogP contribution in [-0.2, 0) is 14.3 Å². The van der Waals surface area contributed by atoms with E-state index in [1.54, 1.807) is 0 Å². The van der Waals surface area contributed by atoms with Crippen LogP contribution in [-0.4, -0.2) is 24.3 Å². The summed E-state index contributed by atoms with van der Waals surface area (Å²) in [4.78, 5) is 20.4. The highest BCUT2D eigenvalue weighted by Gasteiger charge is 1.99. The van der Waals surface area contributed by atoms with E-state index in [2.05, 4.69) is 17.4 Å². The number of carboxylic acid groups (broad SMARTS) is 1. The molecule has 0 bridgehead atoms. The molecule has 0 heterocycles. The van der Waals surface area contributed by atoms with E-state index in [0.717, 1.165) is 0 Å². The molecule has 0 aromatic rings. The van der Waals surface area contributed by atoms with Crippen molar-refractivity contribution in [3.8, 4) is 0 Å². The Morgan fingerprint density at radius 3 is 2.45 bits per heavy atom. The van der Waals surface area contributed by atoms with E-state index in [1.165, 1.54) is 0 Å². The second kappa shape index (κ2) is 6.03. The van der Waals surface area contributed by atoms with Crippen molar-refractivity contribution in [1.29, 1.82) is 0 Å². The van der Waals surface area contributed by atoms with E-state index in [1.807, 2.05) is 0 Å². The number of thiol groups is 1. The lowest BCUT2D eigenvalue weighted by Gasteiger charge is -2.03. The van der Waals surface area contributed by atoms with Gasteiger partial charge in [-0.15, -0.1) is 0 Å². The molecule has 0 aliphatic carbocycles. The first kappa shape index (κ1) is 10.3. The maximum atomic E-state index is 10.5. The van der Waals surface area contributed by atoms with Crippen LogP contribution in [0.25, 0.3) is 0 Å². The van der Waals surface area contributed by atoms with Crippen LogP contribution in [0.1, 0.15) is 12.8 Å². The molecule has 0 amide bonds. The van der Waals surface area contributed by atoms with Crippen LogP contribution in [0.3, 0.4) is 0 Å². The highest BCUT2D eigenvalue weighted by molar-refractivity contribution is 7.80. The van der Waals surface area contributed by atoms with Gasteiger partial charge in [-0.3, -0.25) is 4.79 Å². The molecular weight excluding hydrogens is 168 g/mol. The summed E-state index contributed by atoms with van der Waals surface area (Å²) in [7, 11) is 0. The van der Waals surface area contributed by atoms with Crippen molar-refractivity contribution in [2.24, 2.45) is 0 Å². The first-order chi connectivity index (χ1) is 5.16. The molecule has 0 radical (unpaired) electrons. The Labute approximate surface area is 69.9 Å². The maximum Gasteiger partial charge on any atom is 0.306 e. The SMILES string of the molecule is O=C([O-])CCOC(=O)CCS. The van der Waals surface area contributed by atoms with E-state index in [9.17, 15) is 14.7 Å². The Hall–Kier alpha value is -0.710. The number of rotatable bonds is 5. The van der Waals surface area contributed by atoms with Gasteiger partial charge in [0.15, 0.2) is 0 Å². The number of hydrogen-bond acceptors (Lipinski definition) is 5. The first-order valence-corrected chi connectivity index (χ1v) is 3.76. The Balaban J connectivity index is 3.24. The Kier molecular flexibility index (Phi) is 5.64. The van der Waals surface area contributed by atoms with Crippen molar-refractivity contribution in [3.05, 3.63) is 0 Å². The Morgan fingerprint density at radius 1 is 1.36 bits per heavy atom. The van der Waals surface area contributed by atoms with Gasteiger partial charge in [0.25, 0.3) is 0 Å². The lowest BCUT2D eigenvalue weighted by Crippen LogP contribution is -2.24. The van der Waals surface area contributed by atoms with E-state index >= 15 is 0 Å². The molecule has 0 aromatic carbocycles. The highest BCUT2D eigenvalue weighted by Crippen LogP contribution is 1.89. The molecule has 0 atom stereocenters. The predicted octanol–water partition coefficient (Wildman–Crippen LogP) is -1.01.